The monoisotopic (exact) mass is 250 g/mol. The first-order valence-corrected chi connectivity index (χ1v) is 6.62. The molecule has 18 heavy (non-hydrogen) atoms. The van der Waals surface area contributed by atoms with E-state index in [4.69, 9.17) is 4.74 Å². The SMILES string of the molecule is C/C=C(\CC)C(=O)OC/C=C(\C)CCC=C(C)C. The molecular weight excluding hydrogens is 224 g/mol. The smallest absolute Gasteiger partial charge is 0.333 e. The van der Waals surface area contributed by atoms with Crippen molar-refractivity contribution in [1.82, 2.24) is 0 Å². The predicted octanol–water partition coefficient (Wildman–Crippen LogP) is 4.58. The van der Waals surface area contributed by atoms with Crippen LogP contribution in [0.15, 0.2) is 34.9 Å². The van der Waals surface area contributed by atoms with Crippen LogP contribution in [0, 0.1) is 0 Å². The Balaban J connectivity index is 4.01. The van der Waals surface area contributed by atoms with Gasteiger partial charge in [0.25, 0.3) is 0 Å². The molecule has 2 nitrogen and oxygen atoms in total. The fourth-order valence-corrected chi connectivity index (χ4v) is 1.51. The lowest BCUT2D eigenvalue weighted by molar-refractivity contribution is -0.137. The van der Waals surface area contributed by atoms with E-state index in [9.17, 15) is 4.79 Å². The molecule has 0 spiro atoms. The number of carbonyl (C=O) groups excluding carboxylic acids is 1. The Bertz CT molecular complexity index is 342. The Kier molecular flexibility index (Phi) is 8.99. The van der Waals surface area contributed by atoms with Crippen LogP contribution in [0.5, 0.6) is 0 Å². The Morgan fingerprint density at radius 2 is 1.83 bits per heavy atom. The van der Waals surface area contributed by atoms with Crippen molar-refractivity contribution in [3.8, 4) is 0 Å². The summed E-state index contributed by atoms with van der Waals surface area (Å²) in [6, 6.07) is 0. The maximum Gasteiger partial charge on any atom is 0.333 e. The average molecular weight is 250 g/mol. The third-order valence-electron chi connectivity index (χ3n) is 2.73. The number of allylic oxidation sites excluding steroid dienone is 4. The summed E-state index contributed by atoms with van der Waals surface area (Å²) in [5, 5.41) is 0. The molecule has 0 aromatic heterocycles. The molecule has 0 bridgehead atoms. The number of ether oxygens (including phenoxy) is 1. The number of carbonyl (C=O) groups is 1. The predicted molar refractivity (Wildman–Crippen MR) is 77.4 cm³/mol. The molecule has 0 aliphatic heterocycles. The minimum absolute atomic E-state index is 0.201. The zero-order valence-electron chi connectivity index (χ0n) is 12.4. The summed E-state index contributed by atoms with van der Waals surface area (Å²) >= 11 is 0. The van der Waals surface area contributed by atoms with Crippen LogP contribution in [-0.4, -0.2) is 12.6 Å². The fraction of sp³-hybridized carbons (Fsp3) is 0.562. The van der Waals surface area contributed by atoms with Crippen LogP contribution in [0.4, 0.5) is 0 Å². The van der Waals surface area contributed by atoms with Crippen molar-refractivity contribution < 1.29 is 9.53 Å². The van der Waals surface area contributed by atoms with Gasteiger partial charge in [-0.05, 0) is 53.0 Å². The summed E-state index contributed by atoms with van der Waals surface area (Å²) in [4.78, 5) is 11.6. The maximum absolute atomic E-state index is 11.6. The maximum atomic E-state index is 11.6. The van der Waals surface area contributed by atoms with Gasteiger partial charge in [-0.2, -0.15) is 0 Å². The van der Waals surface area contributed by atoms with E-state index in [1.54, 1.807) is 0 Å². The van der Waals surface area contributed by atoms with Gasteiger partial charge in [-0.1, -0.05) is 30.2 Å². The Hall–Kier alpha value is -1.31. The second-order valence-corrected chi connectivity index (χ2v) is 4.64. The van der Waals surface area contributed by atoms with E-state index < -0.39 is 0 Å². The molecule has 0 aromatic rings. The van der Waals surface area contributed by atoms with Gasteiger partial charge in [-0.25, -0.2) is 4.79 Å². The highest BCUT2D eigenvalue weighted by Gasteiger charge is 2.06. The lowest BCUT2D eigenvalue weighted by Gasteiger charge is -2.04. The van der Waals surface area contributed by atoms with Gasteiger partial charge in [0.2, 0.25) is 0 Å². The highest BCUT2D eigenvalue weighted by Crippen LogP contribution is 2.07. The number of rotatable bonds is 7. The number of esters is 1. The molecule has 0 fully saturated rings. The Morgan fingerprint density at radius 1 is 1.17 bits per heavy atom. The minimum Gasteiger partial charge on any atom is -0.458 e. The van der Waals surface area contributed by atoms with E-state index >= 15 is 0 Å². The third kappa shape index (κ3) is 7.88. The second kappa shape index (κ2) is 9.69. The van der Waals surface area contributed by atoms with Gasteiger partial charge < -0.3 is 4.74 Å². The van der Waals surface area contributed by atoms with Gasteiger partial charge in [-0.15, -0.1) is 0 Å². The Morgan fingerprint density at radius 3 is 2.33 bits per heavy atom. The van der Waals surface area contributed by atoms with Gasteiger partial charge in [0.1, 0.15) is 6.61 Å². The van der Waals surface area contributed by atoms with Crippen LogP contribution < -0.4 is 0 Å². The lowest BCUT2D eigenvalue weighted by Crippen LogP contribution is -2.07. The third-order valence-corrected chi connectivity index (χ3v) is 2.73. The van der Waals surface area contributed by atoms with Crippen molar-refractivity contribution >= 4 is 5.97 Å². The molecule has 0 atom stereocenters. The van der Waals surface area contributed by atoms with Crippen molar-refractivity contribution in [2.45, 2.75) is 53.9 Å². The fourth-order valence-electron chi connectivity index (χ4n) is 1.51. The van der Waals surface area contributed by atoms with Crippen molar-refractivity contribution in [1.29, 1.82) is 0 Å². The van der Waals surface area contributed by atoms with Gasteiger partial charge in [0.05, 0.1) is 0 Å². The van der Waals surface area contributed by atoms with Crippen molar-refractivity contribution in [2.24, 2.45) is 0 Å². The van der Waals surface area contributed by atoms with Crippen LogP contribution in [0.3, 0.4) is 0 Å². The highest BCUT2D eigenvalue weighted by atomic mass is 16.5. The molecule has 0 saturated heterocycles. The molecule has 2 heteroatoms. The molecule has 0 unspecified atom stereocenters. The van der Waals surface area contributed by atoms with Crippen LogP contribution in [0.25, 0.3) is 0 Å². The molecule has 0 saturated carbocycles. The van der Waals surface area contributed by atoms with Crippen molar-refractivity contribution in [3.05, 3.63) is 34.9 Å². The molecule has 0 rings (SSSR count). The quantitative estimate of drug-likeness (QED) is 0.375. The van der Waals surface area contributed by atoms with Gasteiger partial charge in [-0.3, -0.25) is 0 Å². The molecule has 0 amide bonds. The first kappa shape index (κ1) is 16.7. The molecule has 0 aliphatic rings. The van der Waals surface area contributed by atoms with Crippen LogP contribution in [0.1, 0.15) is 53.9 Å². The zero-order valence-corrected chi connectivity index (χ0v) is 12.4. The number of hydrogen-bond donors (Lipinski definition) is 0. The van der Waals surface area contributed by atoms with Crippen LogP contribution in [0.2, 0.25) is 0 Å². The van der Waals surface area contributed by atoms with E-state index in [2.05, 4.69) is 26.8 Å². The largest absolute Gasteiger partial charge is 0.458 e. The molecule has 0 N–H and O–H groups in total. The Labute approximate surface area is 111 Å². The van der Waals surface area contributed by atoms with E-state index in [0.29, 0.717) is 6.61 Å². The summed E-state index contributed by atoms with van der Waals surface area (Å²) < 4.78 is 5.18. The number of hydrogen-bond acceptors (Lipinski definition) is 2. The molecule has 0 aliphatic carbocycles. The minimum atomic E-state index is -0.201. The lowest BCUT2D eigenvalue weighted by atomic mass is 10.1. The van der Waals surface area contributed by atoms with E-state index in [-0.39, 0.29) is 5.97 Å². The first-order valence-electron chi connectivity index (χ1n) is 6.62. The van der Waals surface area contributed by atoms with Crippen LogP contribution >= 0.6 is 0 Å². The summed E-state index contributed by atoms with van der Waals surface area (Å²) in [5.74, 6) is -0.201. The molecule has 102 valence electrons. The van der Waals surface area contributed by atoms with Gasteiger partial charge in [0, 0.05) is 5.57 Å². The molecular formula is C16H26O2. The topological polar surface area (TPSA) is 26.3 Å². The van der Waals surface area contributed by atoms with E-state index in [1.165, 1.54) is 11.1 Å². The zero-order chi connectivity index (χ0) is 14.0. The highest BCUT2D eigenvalue weighted by molar-refractivity contribution is 5.88. The normalized spacial score (nSPS) is 12.3. The standard InChI is InChI=1S/C16H26O2/c1-6-15(7-2)16(17)18-12-11-14(5)10-8-9-13(3)4/h6,9,11H,7-8,10,12H2,1-5H3/b14-11+,15-6+. The van der Waals surface area contributed by atoms with Crippen LogP contribution in [-0.2, 0) is 9.53 Å². The van der Waals surface area contributed by atoms with Crippen molar-refractivity contribution in [3.63, 3.8) is 0 Å². The van der Waals surface area contributed by atoms with Crippen molar-refractivity contribution in [2.75, 3.05) is 6.61 Å². The summed E-state index contributed by atoms with van der Waals surface area (Å²) in [7, 11) is 0. The van der Waals surface area contributed by atoms with E-state index in [1.807, 2.05) is 26.0 Å². The molecule has 0 heterocycles. The second-order valence-electron chi connectivity index (χ2n) is 4.64. The average Bonchev–Trinajstić information content (AvgIpc) is 2.30. The van der Waals surface area contributed by atoms with Gasteiger partial charge in [0.15, 0.2) is 0 Å². The first-order chi connectivity index (χ1) is 8.51. The summed E-state index contributed by atoms with van der Waals surface area (Å²) in [6.45, 7) is 10.5. The summed E-state index contributed by atoms with van der Waals surface area (Å²) in [6.07, 6.45) is 8.81. The molecule has 0 radical (unpaired) electrons. The van der Waals surface area contributed by atoms with E-state index in [0.717, 1.165) is 24.8 Å². The summed E-state index contributed by atoms with van der Waals surface area (Å²) in [5.41, 5.74) is 3.35. The molecule has 0 aromatic carbocycles. The van der Waals surface area contributed by atoms with Gasteiger partial charge >= 0.3 is 5.97 Å².